The minimum atomic E-state index is -1.17. The van der Waals surface area contributed by atoms with Gasteiger partial charge in [-0.2, -0.15) is 0 Å². The second-order valence-electron chi connectivity index (χ2n) is 5.38. The van der Waals surface area contributed by atoms with E-state index in [-0.39, 0.29) is 23.7 Å². The Bertz CT molecular complexity index is 406. The number of carboxylic acids is 2. The molecular weight excluding hydrogens is 288 g/mol. The molecule has 1 atom stereocenters. The summed E-state index contributed by atoms with van der Waals surface area (Å²) in [6.07, 6.45) is 3.06. The monoisotopic (exact) mass is 314 g/mol. The van der Waals surface area contributed by atoms with Crippen LogP contribution in [-0.4, -0.2) is 34.7 Å². The molecular formula is C16H26O6. The third-order valence-corrected chi connectivity index (χ3v) is 3.56. The van der Waals surface area contributed by atoms with Gasteiger partial charge in [0.1, 0.15) is 0 Å². The van der Waals surface area contributed by atoms with E-state index < -0.39 is 30.7 Å². The van der Waals surface area contributed by atoms with Crippen molar-refractivity contribution in [1.29, 1.82) is 0 Å². The van der Waals surface area contributed by atoms with Crippen molar-refractivity contribution in [1.82, 2.24) is 0 Å². The Morgan fingerprint density at radius 3 is 2.00 bits per heavy atom. The normalized spacial score (nSPS) is 11.6. The lowest BCUT2D eigenvalue weighted by Crippen LogP contribution is -2.17. The van der Waals surface area contributed by atoms with Crippen LogP contribution >= 0.6 is 0 Å². The van der Waals surface area contributed by atoms with Crippen molar-refractivity contribution in [3.8, 4) is 0 Å². The van der Waals surface area contributed by atoms with E-state index in [9.17, 15) is 14.4 Å². The average molecular weight is 314 g/mol. The van der Waals surface area contributed by atoms with Gasteiger partial charge in [-0.15, -0.1) is 0 Å². The van der Waals surface area contributed by atoms with Crippen molar-refractivity contribution >= 4 is 17.9 Å². The van der Waals surface area contributed by atoms with Crippen molar-refractivity contribution in [3.63, 3.8) is 0 Å². The lowest BCUT2D eigenvalue weighted by Gasteiger charge is -2.15. The Morgan fingerprint density at radius 1 is 1.05 bits per heavy atom. The van der Waals surface area contributed by atoms with Gasteiger partial charge in [0, 0.05) is 5.57 Å². The molecule has 0 rings (SSSR count). The van der Waals surface area contributed by atoms with Crippen LogP contribution in [0.15, 0.2) is 11.1 Å². The molecule has 0 aliphatic rings. The van der Waals surface area contributed by atoms with Crippen LogP contribution in [0.1, 0.15) is 59.3 Å². The molecule has 0 fully saturated rings. The molecule has 0 spiro atoms. The summed E-state index contributed by atoms with van der Waals surface area (Å²) in [5.41, 5.74) is 0.154. The Kier molecular flexibility index (Phi) is 9.91. The van der Waals surface area contributed by atoms with Gasteiger partial charge in [-0.25, -0.2) is 4.79 Å². The molecule has 2 N–H and O–H groups in total. The molecule has 126 valence electrons. The Balaban J connectivity index is 4.78. The fraction of sp³-hybridized carbons (Fsp3) is 0.688. The lowest BCUT2D eigenvalue weighted by molar-refractivity contribution is -0.140. The molecule has 0 aromatic rings. The van der Waals surface area contributed by atoms with Crippen LogP contribution in [0.2, 0.25) is 0 Å². The summed E-state index contributed by atoms with van der Waals surface area (Å²) < 4.78 is 5.22. The number of hydrogen-bond donors (Lipinski definition) is 2. The van der Waals surface area contributed by atoms with Gasteiger partial charge in [0.05, 0.1) is 19.4 Å². The maximum Gasteiger partial charge on any atom is 0.333 e. The number of rotatable bonds is 11. The van der Waals surface area contributed by atoms with E-state index in [2.05, 4.69) is 6.92 Å². The first-order chi connectivity index (χ1) is 10.3. The van der Waals surface area contributed by atoms with Crippen molar-refractivity contribution in [2.45, 2.75) is 59.3 Å². The van der Waals surface area contributed by atoms with Crippen molar-refractivity contribution < 1.29 is 29.3 Å². The first kappa shape index (κ1) is 20.1. The predicted octanol–water partition coefficient (Wildman–Crippen LogP) is 3.01. The highest BCUT2D eigenvalue weighted by atomic mass is 16.5. The second kappa shape index (κ2) is 10.8. The summed E-state index contributed by atoms with van der Waals surface area (Å²) in [6, 6.07) is 0. The number of unbranched alkanes of at least 4 members (excludes halogenated alkanes) is 1. The van der Waals surface area contributed by atoms with Crippen LogP contribution < -0.4 is 0 Å². The number of aliphatic carboxylic acids is 2. The zero-order valence-corrected chi connectivity index (χ0v) is 13.6. The molecule has 0 aromatic carbocycles. The zero-order valence-electron chi connectivity index (χ0n) is 13.6. The number of carboxylic acid groups (broad SMARTS) is 2. The molecule has 0 saturated heterocycles. The molecule has 0 aliphatic heterocycles. The van der Waals surface area contributed by atoms with Crippen LogP contribution in [0.3, 0.4) is 0 Å². The molecule has 0 amide bonds. The number of carbonyl (C=O) groups is 3. The summed E-state index contributed by atoms with van der Waals surface area (Å²) >= 11 is 0. The van der Waals surface area contributed by atoms with E-state index in [0.717, 1.165) is 25.7 Å². The summed E-state index contributed by atoms with van der Waals surface area (Å²) in [6.45, 7) is 5.81. The van der Waals surface area contributed by atoms with E-state index in [4.69, 9.17) is 14.9 Å². The van der Waals surface area contributed by atoms with Gasteiger partial charge < -0.3 is 14.9 Å². The Hall–Kier alpha value is -1.85. The molecule has 6 heteroatoms. The van der Waals surface area contributed by atoms with Crippen molar-refractivity contribution in [2.24, 2.45) is 5.92 Å². The molecule has 0 saturated carbocycles. The summed E-state index contributed by atoms with van der Waals surface area (Å²) in [5, 5.41) is 17.6. The van der Waals surface area contributed by atoms with Gasteiger partial charge in [-0.3, -0.25) is 9.59 Å². The van der Waals surface area contributed by atoms with Crippen molar-refractivity contribution in [2.75, 3.05) is 6.61 Å². The quantitative estimate of drug-likeness (QED) is 0.449. The first-order valence-electron chi connectivity index (χ1n) is 7.61. The van der Waals surface area contributed by atoms with E-state index in [1.165, 1.54) is 6.92 Å². The number of esters is 1. The van der Waals surface area contributed by atoms with Crippen LogP contribution in [0, 0.1) is 5.92 Å². The maximum atomic E-state index is 12.0. The number of hydrogen-bond acceptors (Lipinski definition) is 4. The predicted molar refractivity (Wildman–Crippen MR) is 81.5 cm³/mol. The zero-order chi connectivity index (χ0) is 17.1. The molecule has 1 unspecified atom stereocenters. The third kappa shape index (κ3) is 8.44. The molecule has 0 bridgehead atoms. The van der Waals surface area contributed by atoms with Crippen LogP contribution in [0.25, 0.3) is 0 Å². The first-order valence-corrected chi connectivity index (χ1v) is 7.61. The van der Waals surface area contributed by atoms with Crippen LogP contribution in [0.5, 0.6) is 0 Å². The lowest BCUT2D eigenvalue weighted by atomic mass is 10.0. The molecule has 6 nitrogen and oxygen atoms in total. The summed E-state index contributed by atoms with van der Waals surface area (Å²) in [5.74, 6) is -2.69. The highest BCUT2D eigenvalue weighted by Crippen LogP contribution is 2.17. The number of ether oxygens (including phenoxy) is 1. The molecule has 0 radical (unpaired) electrons. The topological polar surface area (TPSA) is 101 Å². The van der Waals surface area contributed by atoms with Crippen LogP contribution in [0.4, 0.5) is 0 Å². The van der Waals surface area contributed by atoms with E-state index in [0.29, 0.717) is 0 Å². The largest absolute Gasteiger partial charge is 0.481 e. The van der Waals surface area contributed by atoms with Gasteiger partial charge >= 0.3 is 17.9 Å². The second-order valence-corrected chi connectivity index (χ2v) is 5.38. The fourth-order valence-electron chi connectivity index (χ4n) is 2.04. The number of carbonyl (C=O) groups excluding carboxylic acids is 1. The van der Waals surface area contributed by atoms with Gasteiger partial charge in [0.15, 0.2) is 0 Å². The van der Waals surface area contributed by atoms with Crippen LogP contribution in [-0.2, 0) is 19.1 Å². The molecule has 0 aromatic heterocycles. The molecule has 0 heterocycles. The third-order valence-electron chi connectivity index (χ3n) is 3.56. The van der Waals surface area contributed by atoms with E-state index in [1.807, 2.05) is 6.92 Å². The summed E-state index contributed by atoms with van der Waals surface area (Å²) in [4.78, 5) is 33.5. The Labute approximate surface area is 131 Å². The smallest absolute Gasteiger partial charge is 0.333 e. The van der Waals surface area contributed by atoms with E-state index in [1.54, 1.807) is 0 Å². The average Bonchev–Trinajstić information content (AvgIpc) is 2.44. The van der Waals surface area contributed by atoms with Gasteiger partial charge in [0.2, 0.25) is 0 Å². The standard InChI is InChI=1S/C16H26O6/c1-4-6-7-12(5-2)10-22-16(21)11(3)13(8-14(17)18)9-15(19)20/h12H,4-10H2,1-3H3,(H,17,18)(H,19,20). The maximum absolute atomic E-state index is 12.0. The Morgan fingerprint density at radius 2 is 1.59 bits per heavy atom. The van der Waals surface area contributed by atoms with Gasteiger partial charge in [0.25, 0.3) is 0 Å². The highest BCUT2D eigenvalue weighted by Gasteiger charge is 2.18. The minimum absolute atomic E-state index is 0.0756. The van der Waals surface area contributed by atoms with Gasteiger partial charge in [-0.05, 0) is 24.8 Å². The SMILES string of the molecule is CCCCC(CC)COC(=O)C(C)=C(CC(=O)O)CC(=O)O. The summed E-state index contributed by atoms with van der Waals surface area (Å²) in [7, 11) is 0. The fourth-order valence-corrected chi connectivity index (χ4v) is 2.04. The van der Waals surface area contributed by atoms with E-state index >= 15 is 0 Å². The van der Waals surface area contributed by atoms with Crippen molar-refractivity contribution in [3.05, 3.63) is 11.1 Å². The highest BCUT2D eigenvalue weighted by molar-refractivity contribution is 5.91. The molecule has 22 heavy (non-hydrogen) atoms. The van der Waals surface area contributed by atoms with Gasteiger partial charge in [-0.1, -0.05) is 33.1 Å². The minimum Gasteiger partial charge on any atom is -0.481 e. The molecule has 0 aliphatic carbocycles.